The van der Waals surface area contributed by atoms with Gasteiger partial charge < -0.3 is 20.8 Å². The van der Waals surface area contributed by atoms with Crippen LogP contribution in [0.3, 0.4) is 0 Å². The van der Waals surface area contributed by atoms with Crippen LogP contribution in [0.25, 0.3) is 0 Å². The molecule has 3 N–H and O–H groups in total. The highest BCUT2D eigenvalue weighted by Gasteiger charge is 2.31. The fourth-order valence-corrected chi connectivity index (χ4v) is 2.30. The molecule has 0 radical (unpaired) electrons. The van der Waals surface area contributed by atoms with E-state index in [2.05, 4.69) is 30.9 Å². The SMILES string of the molecule is CO/N=C(\C(=O)NC1CNC1=O)c1csc(NC(=O)CCl)n1. The average molecular weight is 346 g/mol. The van der Waals surface area contributed by atoms with Gasteiger partial charge >= 0.3 is 0 Å². The molecule has 0 aromatic carbocycles. The Morgan fingerprint density at radius 2 is 2.41 bits per heavy atom. The number of carbonyl (C=O) groups is 3. The number of rotatable bonds is 6. The molecule has 1 aromatic rings. The van der Waals surface area contributed by atoms with Crippen LogP contribution >= 0.6 is 22.9 Å². The van der Waals surface area contributed by atoms with Crippen molar-refractivity contribution in [2.24, 2.45) is 5.16 Å². The molecule has 1 unspecified atom stereocenters. The van der Waals surface area contributed by atoms with Crippen molar-refractivity contribution >= 4 is 51.5 Å². The molecule has 1 aliphatic rings. The summed E-state index contributed by atoms with van der Waals surface area (Å²) < 4.78 is 0. The minimum absolute atomic E-state index is 0.0928. The van der Waals surface area contributed by atoms with Gasteiger partial charge in [-0.3, -0.25) is 14.4 Å². The summed E-state index contributed by atoms with van der Waals surface area (Å²) >= 11 is 6.49. The molecule has 1 fully saturated rings. The van der Waals surface area contributed by atoms with Crippen molar-refractivity contribution in [1.82, 2.24) is 15.6 Å². The van der Waals surface area contributed by atoms with Crippen molar-refractivity contribution < 1.29 is 19.2 Å². The standard InChI is InChI=1S/C11H12ClN5O4S/c1-21-17-8(10(20)14-5-3-13-9(5)19)6-4-22-11(15-6)16-7(18)2-12/h4-5H,2-3H2,1H3,(H,13,19)(H,14,20)(H,15,16,18)/b17-8-. The molecule has 1 saturated heterocycles. The minimum Gasteiger partial charge on any atom is -0.398 e. The number of thiazole rings is 1. The molecule has 2 heterocycles. The van der Waals surface area contributed by atoms with E-state index in [0.717, 1.165) is 11.3 Å². The lowest BCUT2D eigenvalue weighted by atomic mass is 10.1. The maximum atomic E-state index is 12.1. The van der Waals surface area contributed by atoms with E-state index < -0.39 is 17.9 Å². The van der Waals surface area contributed by atoms with Crippen LogP contribution in [-0.4, -0.2) is 54.0 Å². The van der Waals surface area contributed by atoms with Crippen LogP contribution < -0.4 is 16.0 Å². The predicted molar refractivity (Wildman–Crippen MR) is 80.0 cm³/mol. The molecule has 3 amide bonds. The number of aromatic nitrogens is 1. The smallest absolute Gasteiger partial charge is 0.276 e. The summed E-state index contributed by atoms with van der Waals surface area (Å²) in [5, 5.41) is 12.9. The van der Waals surface area contributed by atoms with Crippen molar-refractivity contribution in [2.45, 2.75) is 6.04 Å². The number of nitrogens with zero attached hydrogens (tertiary/aromatic N) is 2. The first kappa shape index (κ1) is 16.2. The van der Waals surface area contributed by atoms with Gasteiger partial charge in [-0.15, -0.1) is 22.9 Å². The first-order valence-corrected chi connectivity index (χ1v) is 7.48. The van der Waals surface area contributed by atoms with Crippen LogP contribution in [-0.2, 0) is 19.2 Å². The van der Waals surface area contributed by atoms with Crippen molar-refractivity contribution in [3.63, 3.8) is 0 Å². The summed E-state index contributed by atoms with van der Waals surface area (Å²) in [6, 6.07) is -0.594. The number of carbonyl (C=O) groups excluding carboxylic acids is 3. The summed E-state index contributed by atoms with van der Waals surface area (Å²) in [5.41, 5.74) is 0.124. The molecular formula is C11H12ClN5O4S. The van der Waals surface area contributed by atoms with Gasteiger partial charge in [-0.1, -0.05) is 5.16 Å². The van der Waals surface area contributed by atoms with Crippen LogP contribution in [0.15, 0.2) is 10.5 Å². The van der Waals surface area contributed by atoms with Crippen LogP contribution in [0.4, 0.5) is 5.13 Å². The number of anilines is 1. The zero-order chi connectivity index (χ0) is 16.1. The van der Waals surface area contributed by atoms with E-state index in [1.807, 2.05) is 0 Å². The lowest BCUT2D eigenvalue weighted by Gasteiger charge is -2.26. The monoisotopic (exact) mass is 345 g/mol. The number of β-lactam (4-membered cyclic amide) rings is 1. The Morgan fingerprint density at radius 1 is 1.64 bits per heavy atom. The number of alkyl halides is 1. The van der Waals surface area contributed by atoms with Crippen LogP contribution in [0.2, 0.25) is 0 Å². The molecular weight excluding hydrogens is 334 g/mol. The first-order valence-electron chi connectivity index (χ1n) is 6.06. The lowest BCUT2D eigenvalue weighted by Crippen LogP contribution is -2.62. The van der Waals surface area contributed by atoms with Gasteiger partial charge in [-0.05, 0) is 0 Å². The van der Waals surface area contributed by atoms with Crippen LogP contribution in [0.1, 0.15) is 5.69 Å². The molecule has 0 spiro atoms. The first-order chi connectivity index (χ1) is 10.5. The molecule has 0 aliphatic carbocycles. The van der Waals surface area contributed by atoms with Gasteiger partial charge in [0.25, 0.3) is 5.91 Å². The third-order valence-electron chi connectivity index (χ3n) is 2.61. The van der Waals surface area contributed by atoms with E-state index in [-0.39, 0.29) is 28.3 Å². The number of hydrogen-bond donors (Lipinski definition) is 3. The van der Waals surface area contributed by atoms with E-state index in [1.165, 1.54) is 12.5 Å². The number of oxime groups is 1. The van der Waals surface area contributed by atoms with Gasteiger partial charge in [0.1, 0.15) is 24.7 Å². The predicted octanol–water partition coefficient (Wildman–Crippen LogP) is -0.714. The Morgan fingerprint density at radius 3 is 2.95 bits per heavy atom. The molecule has 1 aliphatic heterocycles. The average Bonchev–Trinajstić information content (AvgIpc) is 2.96. The highest BCUT2D eigenvalue weighted by Crippen LogP contribution is 2.16. The van der Waals surface area contributed by atoms with Gasteiger partial charge in [-0.2, -0.15) is 0 Å². The maximum absolute atomic E-state index is 12.1. The van der Waals surface area contributed by atoms with Crippen molar-refractivity contribution in [1.29, 1.82) is 0 Å². The van der Waals surface area contributed by atoms with E-state index in [0.29, 0.717) is 6.54 Å². The maximum Gasteiger partial charge on any atom is 0.276 e. The highest BCUT2D eigenvalue weighted by molar-refractivity contribution is 7.14. The number of amides is 3. The fourth-order valence-electron chi connectivity index (χ4n) is 1.52. The third-order valence-corrected chi connectivity index (χ3v) is 3.61. The van der Waals surface area contributed by atoms with E-state index in [9.17, 15) is 14.4 Å². The summed E-state index contributed by atoms with van der Waals surface area (Å²) in [6.07, 6.45) is 0. The Bertz CT molecular complexity index is 632. The Kier molecular flexibility index (Phi) is 5.28. The minimum atomic E-state index is -0.595. The molecule has 11 heteroatoms. The molecule has 2 rings (SSSR count). The number of hydrogen-bond acceptors (Lipinski definition) is 7. The Hall–Kier alpha value is -2.20. The zero-order valence-electron chi connectivity index (χ0n) is 11.4. The van der Waals surface area contributed by atoms with Gasteiger partial charge in [0, 0.05) is 11.9 Å². The fraction of sp³-hybridized carbons (Fsp3) is 0.364. The normalized spacial score (nSPS) is 17.3. The van der Waals surface area contributed by atoms with Gasteiger partial charge in [0.05, 0.1) is 0 Å². The van der Waals surface area contributed by atoms with E-state index in [1.54, 1.807) is 0 Å². The molecule has 0 bridgehead atoms. The lowest BCUT2D eigenvalue weighted by molar-refractivity contribution is -0.131. The van der Waals surface area contributed by atoms with Crippen LogP contribution in [0, 0.1) is 0 Å². The summed E-state index contributed by atoms with van der Waals surface area (Å²) in [5.74, 6) is -1.48. The van der Waals surface area contributed by atoms with Crippen molar-refractivity contribution in [2.75, 3.05) is 24.9 Å². The van der Waals surface area contributed by atoms with E-state index >= 15 is 0 Å². The van der Waals surface area contributed by atoms with Gasteiger partial charge in [0.15, 0.2) is 10.8 Å². The van der Waals surface area contributed by atoms with E-state index in [4.69, 9.17) is 11.6 Å². The van der Waals surface area contributed by atoms with Crippen molar-refractivity contribution in [3.8, 4) is 0 Å². The second kappa shape index (κ2) is 7.18. The second-order valence-corrected chi connectivity index (χ2v) is 5.24. The Labute approximate surface area is 134 Å². The highest BCUT2D eigenvalue weighted by atomic mass is 35.5. The second-order valence-electron chi connectivity index (χ2n) is 4.11. The summed E-state index contributed by atoms with van der Waals surface area (Å²) in [4.78, 5) is 43.2. The van der Waals surface area contributed by atoms with Gasteiger partial charge in [0.2, 0.25) is 11.8 Å². The topological polar surface area (TPSA) is 122 Å². The van der Waals surface area contributed by atoms with Crippen molar-refractivity contribution in [3.05, 3.63) is 11.1 Å². The summed E-state index contributed by atoms with van der Waals surface area (Å²) in [6.45, 7) is 0.360. The third kappa shape index (κ3) is 3.71. The molecule has 9 nitrogen and oxygen atoms in total. The Balaban J connectivity index is 2.10. The number of nitrogens with one attached hydrogen (secondary N) is 3. The zero-order valence-corrected chi connectivity index (χ0v) is 13.0. The summed E-state index contributed by atoms with van der Waals surface area (Å²) in [7, 11) is 1.28. The molecule has 118 valence electrons. The molecule has 1 atom stereocenters. The molecule has 1 aromatic heterocycles. The largest absolute Gasteiger partial charge is 0.398 e. The molecule has 0 saturated carbocycles. The van der Waals surface area contributed by atoms with Gasteiger partial charge in [-0.25, -0.2) is 4.98 Å². The quantitative estimate of drug-likeness (QED) is 0.272. The molecule has 22 heavy (non-hydrogen) atoms. The number of halogens is 1. The van der Waals surface area contributed by atoms with Crippen LogP contribution in [0.5, 0.6) is 0 Å².